The lowest BCUT2D eigenvalue weighted by molar-refractivity contribution is -0.135. The monoisotopic (exact) mass is 466 g/mol. The summed E-state index contributed by atoms with van der Waals surface area (Å²) >= 11 is 0. The van der Waals surface area contributed by atoms with E-state index in [1.54, 1.807) is 26.1 Å². The highest BCUT2D eigenvalue weighted by Gasteiger charge is 2.38. The standard InChI is InChI=1S/C23H34N2O6S/c1-16(2)7-8-19-9-10-22-20(11-19)31-21(13-24(5)23(27)15-30-6)17(3)12-25(18(4)14-26)32(22,28)29/h9-11,16-18,21,26H,12-15H2,1-6H3/t17-,18+,21-/m0/s1. The molecule has 0 unspecified atom stereocenters. The fraction of sp³-hybridized carbons (Fsp3) is 0.609. The second-order valence-corrected chi connectivity index (χ2v) is 10.4. The van der Waals surface area contributed by atoms with Crippen LogP contribution in [0.3, 0.4) is 0 Å². The number of rotatable bonds is 6. The summed E-state index contributed by atoms with van der Waals surface area (Å²) < 4.78 is 39.3. The number of amides is 1. The van der Waals surface area contributed by atoms with Crippen LogP contribution in [-0.2, 0) is 19.6 Å². The summed E-state index contributed by atoms with van der Waals surface area (Å²) in [7, 11) is -0.799. The zero-order chi connectivity index (χ0) is 24.1. The van der Waals surface area contributed by atoms with E-state index in [1.807, 2.05) is 20.8 Å². The van der Waals surface area contributed by atoms with Crippen LogP contribution in [-0.4, -0.2) is 81.2 Å². The van der Waals surface area contributed by atoms with Gasteiger partial charge in [-0.3, -0.25) is 4.79 Å². The first-order chi connectivity index (χ1) is 15.0. The van der Waals surface area contributed by atoms with Gasteiger partial charge in [0.2, 0.25) is 15.9 Å². The lowest BCUT2D eigenvalue weighted by Gasteiger charge is -2.37. The van der Waals surface area contributed by atoms with Gasteiger partial charge >= 0.3 is 0 Å². The lowest BCUT2D eigenvalue weighted by atomic mass is 10.0. The lowest BCUT2D eigenvalue weighted by Crippen LogP contribution is -2.50. The third-order valence-corrected chi connectivity index (χ3v) is 7.34. The van der Waals surface area contributed by atoms with Crippen molar-refractivity contribution in [1.82, 2.24) is 9.21 Å². The van der Waals surface area contributed by atoms with Crippen molar-refractivity contribution in [3.8, 4) is 17.6 Å². The van der Waals surface area contributed by atoms with E-state index in [9.17, 15) is 18.3 Å². The fourth-order valence-electron chi connectivity index (χ4n) is 3.35. The van der Waals surface area contributed by atoms with Crippen molar-refractivity contribution in [3.05, 3.63) is 23.8 Å². The molecule has 1 aliphatic heterocycles. The largest absolute Gasteiger partial charge is 0.487 e. The Kier molecular flexibility index (Phi) is 9.10. The molecule has 1 N–H and O–H groups in total. The Morgan fingerprint density at radius 2 is 2.06 bits per heavy atom. The highest BCUT2D eigenvalue weighted by molar-refractivity contribution is 7.89. The molecule has 0 bridgehead atoms. The van der Waals surface area contributed by atoms with Crippen LogP contribution in [0.4, 0.5) is 0 Å². The predicted molar refractivity (Wildman–Crippen MR) is 122 cm³/mol. The molecule has 1 aromatic rings. The van der Waals surface area contributed by atoms with Crippen molar-refractivity contribution in [2.75, 3.05) is 40.5 Å². The highest BCUT2D eigenvalue weighted by Crippen LogP contribution is 2.34. The number of hydrogen-bond acceptors (Lipinski definition) is 6. The number of fused-ring (bicyclic) bond motifs is 1. The maximum Gasteiger partial charge on any atom is 0.248 e. The number of aliphatic hydroxyl groups is 1. The Labute approximate surface area is 191 Å². The zero-order valence-corrected chi connectivity index (χ0v) is 20.5. The summed E-state index contributed by atoms with van der Waals surface area (Å²) in [6.45, 7) is 7.53. The minimum atomic E-state index is -3.91. The summed E-state index contributed by atoms with van der Waals surface area (Å²) in [6, 6.07) is 4.18. The summed E-state index contributed by atoms with van der Waals surface area (Å²) in [5, 5.41) is 9.70. The van der Waals surface area contributed by atoms with Crippen molar-refractivity contribution in [2.45, 2.75) is 44.7 Å². The topological polar surface area (TPSA) is 96.4 Å². The quantitative estimate of drug-likeness (QED) is 0.640. The van der Waals surface area contributed by atoms with E-state index in [0.717, 1.165) is 0 Å². The number of nitrogens with zero attached hydrogens (tertiary/aromatic N) is 2. The van der Waals surface area contributed by atoms with Gasteiger partial charge in [-0.25, -0.2) is 8.42 Å². The smallest absolute Gasteiger partial charge is 0.248 e. The maximum absolute atomic E-state index is 13.4. The van der Waals surface area contributed by atoms with Gasteiger partial charge in [-0.2, -0.15) is 4.31 Å². The summed E-state index contributed by atoms with van der Waals surface area (Å²) in [5.74, 6) is 6.02. The summed E-state index contributed by atoms with van der Waals surface area (Å²) in [4.78, 5) is 13.8. The second kappa shape index (κ2) is 11.1. The van der Waals surface area contributed by atoms with Crippen LogP contribution in [0.2, 0.25) is 0 Å². The Morgan fingerprint density at radius 3 is 2.66 bits per heavy atom. The SMILES string of the molecule is COCC(=O)N(C)C[C@@H]1Oc2cc(C#CC(C)C)ccc2S(=O)(=O)N([C@H](C)CO)C[C@@H]1C. The molecule has 3 atom stereocenters. The molecule has 0 saturated carbocycles. The number of hydrogen-bond donors (Lipinski definition) is 1. The van der Waals surface area contributed by atoms with Gasteiger partial charge in [0.05, 0.1) is 13.2 Å². The van der Waals surface area contributed by atoms with Crippen molar-refractivity contribution >= 4 is 15.9 Å². The van der Waals surface area contributed by atoms with E-state index < -0.39 is 22.2 Å². The molecule has 32 heavy (non-hydrogen) atoms. The third-order valence-electron chi connectivity index (χ3n) is 5.32. The molecule has 1 aliphatic rings. The first-order valence-corrected chi connectivity index (χ1v) is 12.1. The molecule has 0 aliphatic carbocycles. The summed E-state index contributed by atoms with van der Waals surface area (Å²) in [5.41, 5.74) is 0.644. The van der Waals surface area contributed by atoms with Gasteiger partial charge in [-0.15, -0.1) is 0 Å². The average molecular weight is 467 g/mol. The van der Waals surface area contributed by atoms with E-state index in [0.29, 0.717) is 5.56 Å². The van der Waals surface area contributed by atoms with Crippen molar-refractivity contribution < 1.29 is 27.8 Å². The molecule has 8 nitrogen and oxygen atoms in total. The molecular formula is C23H34N2O6S. The Balaban J connectivity index is 2.55. The molecule has 0 aromatic heterocycles. The Bertz CT molecular complexity index is 966. The van der Waals surface area contributed by atoms with E-state index in [1.165, 1.54) is 22.4 Å². The van der Waals surface area contributed by atoms with Gasteiger partial charge in [-0.1, -0.05) is 32.6 Å². The first kappa shape index (κ1) is 26.1. The van der Waals surface area contributed by atoms with Gasteiger partial charge in [0, 0.05) is 44.1 Å². The zero-order valence-electron chi connectivity index (χ0n) is 19.7. The average Bonchev–Trinajstić information content (AvgIpc) is 2.74. The summed E-state index contributed by atoms with van der Waals surface area (Å²) in [6.07, 6.45) is -0.475. The fourth-order valence-corrected chi connectivity index (χ4v) is 5.18. The molecule has 0 fully saturated rings. The van der Waals surface area contributed by atoms with Gasteiger partial charge in [-0.05, 0) is 25.1 Å². The predicted octanol–water partition coefficient (Wildman–Crippen LogP) is 1.57. The molecule has 2 rings (SSSR count). The van der Waals surface area contributed by atoms with Crippen LogP contribution < -0.4 is 4.74 Å². The number of aliphatic hydroxyl groups excluding tert-OH is 1. The van der Waals surface area contributed by atoms with Gasteiger partial charge in [0.25, 0.3) is 0 Å². The van der Waals surface area contributed by atoms with E-state index in [2.05, 4.69) is 11.8 Å². The van der Waals surface area contributed by atoms with Crippen LogP contribution in [0.25, 0.3) is 0 Å². The van der Waals surface area contributed by atoms with Crippen molar-refractivity contribution in [3.63, 3.8) is 0 Å². The molecule has 0 spiro atoms. The van der Waals surface area contributed by atoms with Crippen LogP contribution in [0.1, 0.15) is 33.3 Å². The number of sulfonamides is 1. The number of ether oxygens (including phenoxy) is 2. The second-order valence-electron chi connectivity index (χ2n) is 8.53. The Hall–Kier alpha value is -2.12. The number of carbonyl (C=O) groups excluding carboxylic acids is 1. The number of carbonyl (C=O) groups is 1. The normalized spacial score (nSPS) is 21.4. The number of methoxy groups -OCH3 is 1. The molecule has 0 radical (unpaired) electrons. The van der Waals surface area contributed by atoms with Gasteiger partial charge in [0.1, 0.15) is 23.4 Å². The number of likely N-dealkylation sites (N-methyl/N-ethyl adjacent to an activating group) is 1. The van der Waals surface area contributed by atoms with E-state index in [-0.39, 0.29) is 54.7 Å². The highest BCUT2D eigenvalue weighted by atomic mass is 32.2. The minimum Gasteiger partial charge on any atom is -0.487 e. The van der Waals surface area contributed by atoms with Crippen molar-refractivity contribution in [2.24, 2.45) is 11.8 Å². The molecule has 9 heteroatoms. The van der Waals surface area contributed by atoms with Crippen LogP contribution in [0.15, 0.2) is 23.1 Å². The molecule has 1 aromatic carbocycles. The molecule has 0 saturated heterocycles. The van der Waals surface area contributed by atoms with Crippen molar-refractivity contribution in [1.29, 1.82) is 0 Å². The third kappa shape index (κ3) is 6.23. The van der Waals surface area contributed by atoms with E-state index >= 15 is 0 Å². The van der Waals surface area contributed by atoms with Crippen LogP contribution in [0.5, 0.6) is 5.75 Å². The first-order valence-electron chi connectivity index (χ1n) is 10.7. The van der Waals surface area contributed by atoms with Crippen LogP contribution in [0, 0.1) is 23.7 Å². The molecular weight excluding hydrogens is 432 g/mol. The maximum atomic E-state index is 13.4. The van der Waals surface area contributed by atoms with Crippen LogP contribution >= 0.6 is 0 Å². The van der Waals surface area contributed by atoms with E-state index in [4.69, 9.17) is 9.47 Å². The Morgan fingerprint density at radius 1 is 1.38 bits per heavy atom. The van der Waals surface area contributed by atoms with Gasteiger partial charge in [0.15, 0.2) is 0 Å². The molecule has 1 heterocycles. The minimum absolute atomic E-state index is 0.0238. The van der Waals surface area contributed by atoms with Gasteiger partial charge < -0.3 is 19.5 Å². The number of benzene rings is 1. The molecule has 178 valence electrons. The molecule has 1 amide bonds.